The standard InChI is InChI=1S/C17H16ClFN2O5S/c1-10(16(20)22)26-17(23)12-4-2-11(3-5-12)9-21-27(24,25)13-6-7-15(19)14(18)8-13/h2-8,10,21H,9H2,1H3,(H2,20,22)/t10-/m1/s1. The topological polar surface area (TPSA) is 116 Å². The molecule has 0 saturated carbocycles. The minimum Gasteiger partial charge on any atom is -0.449 e. The lowest BCUT2D eigenvalue weighted by Gasteiger charge is -2.10. The van der Waals surface area contributed by atoms with Crippen LogP contribution in [0.3, 0.4) is 0 Å². The van der Waals surface area contributed by atoms with Crippen LogP contribution in [0, 0.1) is 5.82 Å². The van der Waals surface area contributed by atoms with E-state index in [0.29, 0.717) is 5.56 Å². The van der Waals surface area contributed by atoms with E-state index in [-0.39, 0.29) is 22.0 Å². The van der Waals surface area contributed by atoms with Crippen LogP contribution >= 0.6 is 11.6 Å². The van der Waals surface area contributed by atoms with Gasteiger partial charge < -0.3 is 10.5 Å². The Labute approximate surface area is 160 Å². The number of nitrogens with two attached hydrogens (primary N) is 1. The molecule has 27 heavy (non-hydrogen) atoms. The van der Waals surface area contributed by atoms with Gasteiger partial charge in [-0.3, -0.25) is 4.79 Å². The molecule has 2 aromatic carbocycles. The number of hydrogen-bond acceptors (Lipinski definition) is 5. The minimum atomic E-state index is -3.89. The van der Waals surface area contributed by atoms with Gasteiger partial charge in [0, 0.05) is 6.54 Å². The summed E-state index contributed by atoms with van der Waals surface area (Å²) in [7, 11) is -3.89. The highest BCUT2D eigenvalue weighted by atomic mass is 35.5. The van der Waals surface area contributed by atoms with E-state index in [1.165, 1.54) is 31.2 Å². The molecule has 0 aliphatic rings. The van der Waals surface area contributed by atoms with Crippen molar-refractivity contribution in [1.29, 1.82) is 0 Å². The summed E-state index contributed by atoms with van der Waals surface area (Å²) in [5, 5.41) is -0.300. The van der Waals surface area contributed by atoms with Crippen LogP contribution in [0.1, 0.15) is 22.8 Å². The summed E-state index contributed by atoms with van der Waals surface area (Å²) in [5.41, 5.74) is 5.76. The Balaban J connectivity index is 2.03. The Morgan fingerprint density at radius 2 is 1.85 bits per heavy atom. The normalized spacial score (nSPS) is 12.4. The highest BCUT2D eigenvalue weighted by Crippen LogP contribution is 2.19. The third-order valence-corrected chi connectivity index (χ3v) is 5.23. The number of benzene rings is 2. The lowest BCUT2D eigenvalue weighted by Crippen LogP contribution is -2.30. The SMILES string of the molecule is C[C@@H](OC(=O)c1ccc(CNS(=O)(=O)c2ccc(F)c(Cl)c2)cc1)C(N)=O. The summed E-state index contributed by atoms with van der Waals surface area (Å²) in [5.74, 6) is -2.21. The van der Waals surface area contributed by atoms with Gasteiger partial charge in [0.15, 0.2) is 6.10 Å². The van der Waals surface area contributed by atoms with Crippen molar-refractivity contribution >= 4 is 33.5 Å². The second kappa shape index (κ2) is 8.47. The van der Waals surface area contributed by atoms with Crippen molar-refractivity contribution in [2.24, 2.45) is 5.73 Å². The smallest absolute Gasteiger partial charge is 0.338 e. The number of esters is 1. The maximum Gasteiger partial charge on any atom is 0.338 e. The Bertz CT molecular complexity index is 964. The zero-order valence-electron chi connectivity index (χ0n) is 14.1. The molecule has 0 aliphatic carbocycles. The number of carbonyl (C=O) groups excluding carboxylic acids is 2. The van der Waals surface area contributed by atoms with E-state index in [9.17, 15) is 22.4 Å². The van der Waals surface area contributed by atoms with Crippen molar-refractivity contribution in [1.82, 2.24) is 4.72 Å². The zero-order chi connectivity index (χ0) is 20.2. The number of rotatable bonds is 7. The third kappa shape index (κ3) is 5.49. The quantitative estimate of drug-likeness (QED) is 0.672. The molecule has 0 saturated heterocycles. The third-order valence-electron chi connectivity index (χ3n) is 3.54. The molecule has 0 fully saturated rings. The molecule has 3 N–H and O–H groups in total. The van der Waals surface area contributed by atoms with Gasteiger partial charge in [0.2, 0.25) is 10.0 Å². The number of carbonyl (C=O) groups is 2. The van der Waals surface area contributed by atoms with Crippen LogP contribution in [0.2, 0.25) is 5.02 Å². The maximum absolute atomic E-state index is 13.2. The number of halogens is 2. The molecular formula is C17H16ClFN2O5S. The van der Waals surface area contributed by atoms with E-state index in [4.69, 9.17) is 22.1 Å². The first-order valence-corrected chi connectivity index (χ1v) is 9.50. The van der Waals surface area contributed by atoms with Gasteiger partial charge >= 0.3 is 5.97 Å². The number of hydrogen-bond donors (Lipinski definition) is 2. The molecule has 1 amide bonds. The molecule has 0 heterocycles. The number of primary amides is 1. The van der Waals surface area contributed by atoms with Crippen molar-refractivity contribution in [3.05, 3.63) is 64.4 Å². The fourth-order valence-electron chi connectivity index (χ4n) is 1.95. The summed E-state index contributed by atoms with van der Waals surface area (Å²) in [6, 6.07) is 8.96. The zero-order valence-corrected chi connectivity index (χ0v) is 15.7. The van der Waals surface area contributed by atoms with E-state index in [1.54, 1.807) is 0 Å². The number of amides is 1. The largest absolute Gasteiger partial charge is 0.449 e. The van der Waals surface area contributed by atoms with Crippen molar-refractivity contribution in [3.63, 3.8) is 0 Å². The fraction of sp³-hybridized carbons (Fsp3) is 0.176. The van der Waals surface area contributed by atoms with Gasteiger partial charge in [-0.05, 0) is 42.8 Å². The Morgan fingerprint density at radius 3 is 2.41 bits per heavy atom. The van der Waals surface area contributed by atoms with Crippen LogP contribution in [0.25, 0.3) is 0 Å². The summed E-state index contributed by atoms with van der Waals surface area (Å²) in [4.78, 5) is 22.6. The van der Waals surface area contributed by atoms with Crippen LogP contribution in [0.5, 0.6) is 0 Å². The number of nitrogens with one attached hydrogen (secondary N) is 1. The Hall–Kier alpha value is -2.49. The second-order valence-corrected chi connectivity index (χ2v) is 7.72. The summed E-state index contributed by atoms with van der Waals surface area (Å²) in [6.07, 6.45) is -1.06. The van der Waals surface area contributed by atoms with E-state index >= 15 is 0 Å². The molecular weight excluding hydrogens is 399 g/mol. The lowest BCUT2D eigenvalue weighted by molar-refractivity contribution is -0.125. The summed E-state index contributed by atoms with van der Waals surface area (Å²) in [6.45, 7) is 1.29. The van der Waals surface area contributed by atoms with Crippen LogP contribution < -0.4 is 10.5 Å². The molecule has 7 nitrogen and oxygen atoms in total. The second-order valence-electron chi connectivity index (χ2n) is 5.55. The average Bonchev–Trinajstić information content (AvgIpc) is 2.62. The van der Waals surface area contributed by atoms with E-state index in [0.717, 1.165) is 18.2 Å². The first-order valence-electron chi connectivity index (χ1n) is 7.64. The predicted octanol–water partition coefficient (Wildman–Crippen LogP) is 1.99. The Morgan fingerprint density at radius 1 is 1.22 bits per heavy atom. The van der Waals surface area contributed by atoms with Crippen LogP contribution in [-0.4, -0.2) is 26.4 Å². The molecule has 2 rings (SSSR count). The predicted molar refractivity (Wildman–Crippen MR) is 95.9 cm³/mol. The van der Waals surface area contributed by atoms with Gasteiger partial charge in [-0.2, -0.15) is 0 Å². The number of ether oxygens (including phenoxy) is 1. The molecule has 0 bridgehead atoms. The van der Waals surface area contributed by atoms with E-state index < -0.39 is 33.8 Å². The van der Waals surface area contributed by atoms with Crippen molar-refractivity contribution in [2.45, 2.75) is 24.5 Å². The maximum atomic E-state index is 13.2. The summed E-state index contributed by atoms with van der Waals surface area (Å²) >= 11 is 5.60. The van der Waals surface area contributed by atoms with Crippen molar-refractivity contribution in [2.75, 3.05) is 0 Å². The molecule has 0 aliphatic heterocycles. The number of sulfonamides is 1. The van der Waals surface area contributed by atoms with Gasteiger partial charge in [-0.1, -0.05) is 23.7 Å². The van der Waals surface area contributed by atoms with Gasteiger partial charge in [0.05, 0.1) is 15.5 Å². The van der Waals surface area contributed by atoms with E-state index in [2.05, 4.69) is 4.72 Å². The molecule has 0 aromatic heterocycles. The van der Waals surface area contributed by atoms with Gasteiger partial charge in [-0.25, -0.2) is 22.3 Å². The summed E-state index contributed by atoms with van der Waals surface area (Å²) < 4.78 is 44.8. The molecule has 10 heteroatoms. The van der Waals surface area contributed by atoms with Crippen molar-refractivity contribution < 1.29 is 27.1 Å². The fourth-order valence-corrected chi connectivity index (χ4v) is 3.24. The molecule has 1 atom stereocenters. The highest BCUT2D eigenvalue weighted by Gasteiger charge is 2.17. The van der Waals surface area contributed by atoms with E-state index in [1.807, 2.05) is 0 Å². The lowest BCUT2D eigenvalue weighted by atomic mass is 10.1. The molecule has 2 aromatic rings. The van der Waals surface area contributed by atoms with Crippen molar-refractivity contribution in [3.8, 4) is 0 Å². The van der Waals surface area contributed by atoms with Crippen LogP contribution in [0.4, 0.5) is 4.39 Å². The average molecular weight is 415 g/mol. The van der Waals surface area contributed by atoms with Crippen LogP contribution in [0.15, 0.2) is 47.4 Å². The highest BCUT2D eigenvalue weighted by molar-refractivity contribution is 7.89. The first-order chi connectivity index (χ1) is 12.6. The molecule has 0 radical (unpaired) electrons. The molecule has 0 spiro atoms. The molecule has 144 valence electrons. The first kappa shape index (κ1) is 20.8. The van der Waals surface area contributed by atoms with Crippen LogP contribution in [-0.2, 0) is 26.1 Å². The minimum absolute atomic E-state index is 0.0651. The monoisotopic (exact) mass is 414 g/mol. The van der Waals surface area contributed by atoms with Gasteiger partial charge in [-0.15, -0.1) is 0 Å². The molecule has 0 unspecified atom stereocenters. The van der Waals surface area contributed by atoms with Gasteiger partial charge in [0.25, 0.3) is 5.91 Å². The Kier molecular flexibility index (Phi) is 6.53. The van der Waals surface area contributed by atoms with Gasteiger partial charge in [0.1, 0.15) is 5.82 Å².